The lowest BCUT2D eigenvalue weighted by atomic mass is 9.97. The van der Waals surface area contributed by atoms with Gasteiger partial charge in [0.05, 0.1) is 7.11 Å². The van der Waals surface area contributed by atoms with Crippen LogP contribution in [0, 0.1) is 0 Å². The molecule has 0 saturated heterocycles. The van der Waals surface area contributed by atoms with Crippen LogP contribution in [0.4, 0.5) is 5.69 Å². The molecule has 2 aromatic rings. The molecule has 1 amide bonds. The average molecular weight is 340 g/mol. The summed E-state index contributed by atoms with van der Waals surface area (Å²) < 4.78 is 5.15. The Morgan fingerprint density at radius 3 is 2.88 bits per heavy atom. The lowest BCUT2D eigenvalue weighted by molar-refractivity contribution is -0.124. The Kier molecular flexibility index (Phi) is 5.36. The number of benzene rings is 2. The van der Waals surface area contributed by atoms with Gasteiger partial charge in [0.15, 0.2) is 6.10 Å². The predicted molar refractivity (Wildman–Crippen MR) is 97.7 cm³/mol. The van der Waals surface area contributed by atoms with Gasteiger partial charge in [-0.3, -0.25) is 9.69 Å². The zero-order valence-corrected chi connectivity index (χ0v) is 14.7. The maximum atomic E-state index is 12.5. The van der Waals surface area contributed by atoms with Crippen molar-refractivity contribution in [1.82, 2.24) is 4.90 Å². The highest BCUT2D eigenvalue weighted by atomic mass is 16.5. The molecular formula is C20H24N2O3. The minimum atomic E-state index is -1.23. The molecule has 1 atom stereocenters. The first-order valence-corrected chi connectivity index (χ1v) is 8.58. The number of hydrogen-bond acceptors (Lipinski definition) is 4. The van der Waals surface area contributed by atoms with Gasteiger partial charge in [0.25, 0.3) is 5.91 Å². The van der Waals surface area contributed by atoms with Gasteiger partial charge in [-0.2, -0.15) is 0 Å². The van der Waals surface area contributed by atoms with Crippen LogP contribution >= 0.6 is 0 Å². The van der Waals surface area contributed by atoms with Crippen molar-refractivity contribution in [3.63, 3.8) is 0 Å². The van der Waals surface area contributed by atoms with Gasteiger partial charge in [-0.05, 0) is 47.9 Å². The molecule has 2 aromatic carbocycles. The summed E-state index contributed by atoms with van der Waals surface area (Å²) in [5.41, 5.74) is 3.71. The van der Waals surface area contributed by atoms with E-state index in [1.165, 1.54) is 11.1 Å². The first-order chi connectivity index (χ1) is 12.1. The quantitative estimate of drug-likeness (QED) is 0.879. The van der Waals surface area contributed by atoms with Gasteiger partial charge in [0.2, 0.25) is 0 Å². The molecule has 132 valence electrons. The number of fused-ring (bicyclic) bond motifs is 1. The van der Waals surface area contributed by atoms with E-state index in [1.54, 1.807) is 31.4 Å². The van der Waals surface area contributed by atoms with Crippen molar-refractivity contribution in [2.45, 2.75) is 26.0 Å². The summed E-state index contributed by atoms with van der Waals surface area (Å²) in [6.45, 7) is 5.05. The van der Waals surface area contributed by atoms with Crippen molar-refractivity contribution in [2.24, 2.45) is 0 Å². The highest BCUT2D eigenvalue weighted by Gasteiger charge is 2.22. The van der Waals surface area contributed by atoms with Crippen molar-refractivity contribution in [2.75, 3.05) is 25.5 Å². The van der Waals surface area contributed by atoms with E-state index in [9.17, 15) is 9.90 Å². The predicted octanol–water partition coefficient (Wildman–Crippen LogP) is 2.75. The molecule has 1 unspecified atom stereocenters. The van der Waals surface area contributed by atoms with E-state index in [2.05, 4.69) is 23.2 Å². The van der Waals surface area contributed by atoms with Gasteiger partial charge in [-0.25, -0.2) is 0 Å². The Morgan fingerprint density at radius 2 is 2.12 bits per heavy atom. The van der Waals surface area contributed by atoms with E-state index in [4.69, 9.17) is 4.74 Å². The number of rotatable bonds is 5. The van der Waals surface area contributed by atoms with Crippen LogP contribution in [0.15, 0.2) is 42.5 Å². The number of carbonyl (C=O) groups is 1. The fourth-order valence-corrected chi connectivity index (χ4v) is 3.22. The minimum Gasteiger partial charge on any atom is -0.497 e. The molecule has 5 nitrogen and oxygen atoms in total. The van der Waals surface area contributed by atoms with Crippen molar-refractivity contribution in [3.05, 3.63) is 59.2 Å². The molecule has 5 heteroatoms. The van der Waals surface area contributed by atoms with Crippen LogP contribution in [0.3, 0.4) is 0 Å². The van der Waals surface area contributed by atoms with Crippen LogP contribution in [0.25, 0.3) is 0 Å². The summed E-state index contributed by atoms with van der Waals surface area (Å²) in [5, 5.41) is 13.3. The highest BCUT2D eigenvalue weighted by molar-refractivity contribution is 5.95. The summed E-state index contributed by atoms with van der Waals surface area (Å²) in [6, 6.07) is 12.9. The fraction of sp³-hybridized carbons (Fsp3) is 0.350. The van der Waals surface area contributed by atoms with Crippen LogP contribution in [0.2, 0.25) is 0 Å². The topological polar surface area (TPSA) is 61.8 Å². The molecular weight excluding hydrogens is 316 g/mol. The summed E-state index contributed by atoms with van der Waals surface area (Å²) in [6.07, 6.45) is -0.337. The Balaban J connectivity index is 1.77. The highest BCUT2D eigenvalue weighted by Crippen LogP contribution is 2.27. The third kappa shape index (κ3) is 3.83. The van der Waals surface area contributed by atoms with Gasteiger partial charge >= 0.3 is 0 Å². The van der Waals surface area contributed by atoms with Crippen LogP contribution in [0.1, 0.15) is 29.7 Å². The normalized spacial score (nSPS) is 15.3. The standard InChI is InChI=1S/C20H24N2O3/c1-3-22-11-10-17-15(13-22)7-5-9-18(17)21-20(24)19(23)14-6-4-8-16(12-14)25-2/h4-9,12,19,23H,3,10-11,13H2,1-2H3,(H,21,24). The number of aliphatic hydroxyl groups is 1. The van der Waals surface area contributed by atoms with Gasteiger partial charge in [-0.1, -0.05) is 31.2 Å². The number of methoxy groups -OCH3 is 1. The molecule has 0 bridgehead atoms. The molecule has 25 heavy (non-hydrogen) atoms. The Hall–Kier alpha value is -2.37. The minimum absolute atomic E-state index is 0.431. The van der Waals surface area contributed by atoms with Crippen LogP contribution in [0.5, 0.6) is 5.75 Å². The molecule has 1 aliphatic rings. The number of carbonyl (C=O) groups excluding carboxylic acids is 1. The number of likely N-dealkylation sites (N-methyl/N-ethyl adjacent to an activating group) is 1. The SMILES string of the molecule is CCN1CCc2c(cccc2NC(=O)C(O)c2cccc(OC)c2)C1. The van der Waals surface area contributed by atoms with E-state index in [0.717, 1.165) is 31.7 Å². The molecule has 0 saturated carbocycles. The monoisotopic (exact) mass is 340 g/mol. The molecule has 1 heterocycles. The van der Waals surface area contributed by atoms with E-state index in [-0.39, 0.29) is 0 Å². The first-order valence-electron chi connectivity index (χ1n) is 8.58. The van der Waals surface area contributed by atoms with Crippen LogP contribution in [-0.4, -0.2) is 36.1 Å². The third-order valence-corrected chi connectivity index (χ3v) is 4.71. The number of nitrogens with zero attached hydrogens (tertiary/aromatic N) is 1. The number of amides is 1. The molecule has 2 N–H and O–H groups in total. The maximum absolute atomic E-state index is 12.5. The summed E-state index contributed by atoms with van der Waals surface area (Å²) >= 11 is 0. The molecule has 0 aliphatic carbocycles. The zero-order valence-electron chi connectivity index (χ0n) is 14.7. The smallest absolute Gasteiger partial charge is 0.257 e. The summed E-state index contributed by atoms with van der Waals surface area (Å²) in [4.78, 5) is 14.9. The summed E-state index contributed by atoms with van der Waals surface area (Å²) in [7, 11) is 1.56. The maximum Gasteiger partial charge on any atom is 0.257 e. The number of anilines is 1. The lowest BCUT2D eigenvalue weighted by Crippen LogP contribution is -2.31. The van der Waals surface area contributed by atoms with E-state index in [1.807, 2.05) is 12.1 Å². The van der Waals surface area contributed by atoms with Crippen molar-refractivity contribution in [1.29, 1.82) is 0 Å². The van der Waals surface area contributed by atoms with E-state index >= 15 is 0 Å². The van der Waals surface area contributed by atoms with Gasteiger partial charge < -0.3 is 15.2 Å². The number of nitrogens with one attached hydrogen (secondary N) is 1. The molecule has 0 aromatic heterocycles. The fourth-order valence-electron chi connectivity index (χ4n) is 3.22. The molecule has 3 rings (SSSR count). The van der Waals surface area contributed by atoms with Crippen molar-refractivity contribution < 1.29 is 14.6 Å². The molecule has 0 fully saturated rings. The second kappa shape index (κ2) is 7.68. The average Bonchev–Trinajstić information content (AvgIpc) is 2.67. The number of aliphatic hydroxyl groups excluding tert-OH is 1. The van der Waals surface area contributed by atoms with Crippen LogP contribution in [-0.2, 0) is 17.8 Å². The molecule has 0 spiro atoms. The largest absolute Gasteiger partial charge is 0.497 e. The van der Waals surface area contributed by atoms with E-state index < -0.39 is 12.0 Å². The number of hydrogen-bond donors (Lipinski definition) is 2. The van der Waals surface area contributed by atoms with Crippen molar-refractivity contribution in [3.8, 4) is 5.75 Å². The second-order valence-electron chi connectivity index (χ2n) is 6.23. The summed E-state index contributed by atoms with van der Waals surface area (Å²) in [5.74, 6) is 0.181. The van der Waals surface area contributed by atoms with Crippen LogP contribution < -0.4 is 10.1 Å². The zero-order chi connectivity index (χ0) is 17.8. The Morgan fingerprint density at radius 1 is 1.32 bits per heavy atom. The van der Waals surface area contributed by atoms with Crippen molar-refractivity contribution >= 4 is 11.6 Å². The Labute approximate surface area is 148 Å². The van der Waals surface area contributed by atoms with Gasteiger partial charge in [-0.15, -0.1) is 0 Å². The molecule has 0 radical (unpaired) electrons. The Bertz CT molecular complexity index is 760. The molecule has 1 aliphatic heterocycles. The second-order valence-corrected chi connectivity index (χ2v) is 6.23. The first kappa shape index (κ1) is 17.5. The van der Waals surface area contributed by atoms with E-state index in [0.29, 0.717) is 11.3 Å². The van der Waals surface area contributed by atoms with Gasteiger partial charge in [0, 0.05) is 18.8 Å². The van der Waals surface area contributed by atoms with Gasteiger partial charge in [0.1, 0.15) is 5.75 Å². The lowest BCUT2D eigenvalue weighted by Gasteiger charge is -2.29. The third-order valence-electron chi connectivity index (χ3n) is 4.71. The number of ether oxygens (including phenoxy) is 1.